The Balaban J connectivity index is 2.73. The Bertz CT molecular complexity index is 307. The van der Waals surface area contributed by atoms with Gasteiger partial charge in [0, 0.05) is 5.92 Å². The summed E-state index contributed by atoms with van der Waals surface area (Å²) >= 11 is 0. The zero-order valence-electron chi connectivity index (χ0n) is 9.67. The minimum absolute atomic E-state index is 0.635. The highest BCUT2D eigenvalue weighted by Crippen LogP contribution is 2.24. The Morgan fingerprint density at radius 1 is 1.36 bits per heavy atom. The third-order valence-electron chi connectivity index (χ3n) is 2.41. The predicted octanol–water partition coefficient (Wildman–Crippen LogP) is 4.42. The highest BCUT2D eigenvalue weighted by atomic mass is 14.1. The molecular weight excluding hydrogens is 168 g/mol. The minimum Gasteiger partial charge on any atom is -0.0770 e. The second kappa shape index (κ2) is 4.99. The largest absolute Gasteiger partial charge is 0.0770 e. The Labute approximate surface area is 87.7 Å². The van der Waals surface area contributed by atoms with Crippen LogP contribution in [-0.4, -0.2) is 0 Å². The molecule has 1 aliphatic carbocycles. The van der Waals surface area contributed by atoms with Crippen LogP contribution in [0.1, 0.15) is 34.1 Å². The normalized spacial score (nSPS) is 21.0. The van der Waals surface area contributed by atoms with Crippen molar-refractivity contribution in [1.29, 1.82) is 0 Å². The van der Waals surface area contributed by atoms with Crippen molar-refractivity contribution in [2.75, 3.05) is 0 Å². The highest BCUT2D eigenvalue weighted by Gasteiger charge is 2.09. The molecule has 0 spiro atoms. The van der Waals surface area contributed by atoms with Gasteiger partial charge < -0.3 is 0 Å². The van der Waals surface area contributed by atoms with Gasteiger partial charge in [0.25, 0.3) is 0 Å². The van der Waals surface area contributed by atoms with Crippen molar-refractivity contribution in [3.63, 3.8) is 0 Å². The third kappa shape index (κ3) is 3.02. The molecule has 0 aromatic rings. The van der Waals surface area contributed by atoms with Crippen LogP contribution in [0.4, 0.5) is 0 Å². The second-order valence-corrected chi connectivity index (χ2v) is 4.18. The van der Waals surface area contributed by atoms with Crippen LogP contribution in [0.2, 0.25) is 0 Å². The van der Waals surface area contributed by atoms with Crippen molar-refractivity contribution in [3.05, 3.63) is 47.1 Å². The van der Waals surface area contributed by atoms with E-state index in [2.05, 4.69) is 58.1 Å². The Hall–Kier alpha value is -1.04. The molecule has 0 heterocycles. The van der Waals surface area contributed by atoms with E-state index in [1.165, 1.54) is 23.1 Å². The van der Waals surface area contributed by atoms with Crippen LogP contribution < -0.4 is 0 Å². The molecule has 1 unspecified atom stereocenters. The molecule has 0 heteroatoms. The molecule has 1 aliphatic rings. The van der Waals surface area contributed by atoms with Gasteiger partial charge in [0.1, 0.15) is 0 Å². The summed E-state index contributed by atoms with van der Waals surface area (Å²) < 4.78 is 0. The van der Waals surface area contributed by atoms with Crippen LogP contribution in [0.5, 0.6) is 0 Å². The maximum absolute atomic E-state index is 2.29. The smallest absolute Gasteiger partial charge is 0.00185 e. The summed E-state index contributed by atoms with van der Waals surface area (Å²) in [5.74, 6) is 0.635. The van der Waals surface area contributed by atoms with E-state index in [9.17, 15) is 0 Å². The number of allylic oxidation sites excluding steroid dienone is 8. The monoisotopic (exact) mass is 188 g/mol. The Morgan fingerprint density at radius 2 is 2.07 bits per heavy atom. The lowest BCUT2D eigenvalue weighted by Crippen LogP contribution is -1.93. The minimum atomic E-state index is 0.635. The van der Waals surface area contributed by atoms with Gasteiger partial charge in [-0.2, -0.15) is 0 Å². The van der Waals surface area contributed by atoms with Crippen LogP contribution >= 0.6 is 0 Å². The SMILES string of the molecule is CCC1C=CC=C1C=C(C)C=C(C)C. The van der Waals surface area contributed by atoms with Crippen LogP contribution in [0.25, 0.3) is 0 Å². The molecule has 0 nitrogen and oxygen atoms in total. The summed E-state index contributed by atoms with van der Waals surface area (Å²) in [6, 6.07) is 0. The zero-order valence-corrected chi connectivity index (χ0v) is 9.67. The molecule has 0 bridgehead atoms. The van der Waals surface area contributed by atoms with E-state index < -0.39 is 0 Å². The molecule has 0 aromatic carbocycles. The number of hydrogen-bond acceptors (Lipinski definition) is 0. The molecule has 0 aliphatic heterocycles. The summed E-state index contributed by atoms with van der Waals surface area (Å²) in [6.45, 7) is 8.67. The summed E-state index contributed by atoms with van der Waals surface area (Å²) in [7, 11) is 0. The fraction of sp³-hybridized carbons (Fsp3) is 0.429. The van der Waals surface area contributed by atoms with Gasteiger partial charge in [-0.3, -0.25) is 0 Å². The molecule has 0 saturated heterocycles. The first-order chi connectivity index (χ1) is 6.63. The van der Waals surface area contributed by atoms with Crippen LogP contribution in [0.3, 0.4) is 0 Å². The Morgan fingerprint density at radius 3 is 2.64 bits per heavy atom. The summed E-state index contributed by atoms with van der Waals surface area (Å²) in [4.78, 5) is 0. The maximum atomic E-state index is 2.29. The standard InChI is InChI=1S/C14H20/c1-5-13-7-6-8-14(13)10-12(4)9-11(2)3/h6-10,13H,5H2,1-4H3. The molecular formula is C14H20. The topological polar surface area (TPSA) is 0 Å². The third-order valence-corrected chi connectivity index (χ3v) is 2.41. The predicted molar refractivity (Wildman–Crippen MR) is 64.2 cm³/mol. The van der Waals surface area contributed by atoms with E-state index in [4.69, 9.17) is 0 Å². The molecule has 1 atom stereocenters. The van der Waals surface area contributed by atoms with Gasteiger partial charge in [-0.05, 0) is 32.8 Å². The maximum Gasteiger partial charge on any atom is 0.00185 e. The first-order valence-electron chi connectivity index (χ1n) is 5.35. The van der Waals surface area contributed by atoms with Crippen LogP contribution in [0.15, 0.2) is 47.1 Å². The molecule has 0 saturated carbocycles. The van der Waals surface area contributed by atoms with Gasteiger partial charge in [-0.1, -0.05) is 48.5 Å². The van der Waals surface area contributed by atoms with Crippen molar-refractivity contribution in [1.82, 2.24) is 0 Å². The van der Waals surface area contributed by atoms with Gasteiger partial charge in [0.05, 0.1) is 0 Å². The van der Waals surface area contributed by atoms with E-state index in [1.54, 1.807) is 0 Å². The zero-order chi connectivity index (χ0) is 10.6. The number of hydrogen-bond donors (Lipinski definition) is 0. The van der Waals surface area contributed by atoms with E-state index in [0.29, 0.717) is 5.92 Å². The number of rotatable bonds is 3. The quantitative estimate of drug-likeness (QED) is 0.575. The summed E-state index contributed by atoms with van der Waals surface area (Å²) in [5.41, 5.74) is 4.15. The van der Waals surface area contributed by atoms with Crippen molar-refractivity contribution >= 4 is 0 Å². The van der Waals surface area contributed by atoms with Crippen molar-refractivity contribution in [3.8, 4) is 0 Å². The lowest BCUT2D eigenvalue weighted by Gasteiger charge is -2.07. The van der Waals surface area contributed by atoms with E-state index in [0.717, 1.165) is 0 Å². The molecule has 0 amide bonds. The summed E-state index contributed by atoms with van der Waals surface area (Å²) in [6.07, 6.45) is 12.4. The van der Waals surface area contributed by atoms with E-state index >= 15 is 0 Å². The van der Waals surface area contributed by atoms with Gasteiger partial charge in [-0.15, -0.1) is 0 Å². The highest BCUT2D eigenvalue weighted by molar-refractivity contribution is 5.39. The first-order valence-corrected chi connectivity index (χ1v) is 5.35. The van der Waals surface area contributed by atoms with Crippen LogP contribution in [-0.2, 0) is 0 Å². The molecule has 0 N–H and O–H groups in total. The molecule has 1 rings (SSSR count). The fourth-order valence-corrected chi connectivity index (χ4v) is 1.82. The van der Waals surface area contributed by atoms with Gasteiger partial charge in [0.15, 0.2) is 0 Å². The van der Waals surface area contributed by atoms with Crippen molar-refractivity contribution < 1.29 is 0 Å². The molecule has 76 valence electrons. The van der Waals surface area contributed by atoms with Gasteiger partial charge >= 0.3 is 0 Å². The summed E-state index contributed by atoms with van der Waals surface area (Å²) in [5, 5.41) is 0. The van der Waals surface area contributed by atoms with E-state index in [-0.39, 0.29) is 0 Å². The van der Waals surface area contributed by atoms with Gasteiger partial charge in [0.2, 0.25) is 0 Å². The molecule has 0 aromatic heterocycles. The second-order valence-electron chi connectivity index (χ2n) is 4.18. The first kappa shape index (κ1) is 11.0. The molecule has 0 radical (unpaired) electrons. The van der Waals surface area contributed by atoms with Gasteiger partial charge in [-0.25, -0.2) is 0 Å². The fourth-order valence-electron chi connectivity index (χ4n) is 1.82. The van der Waals surface area contributed by atoms with Crippen molar-refractivity contribution in [2.24, 2.45) is 5.92 Å². The van der Waals surface area contributed by atoms with Crippen LogP contribution in [0, 0.1) is 5.92 Å². The molecule has 0 fully saturated rings. The molecule has 14 heavy (non-hydrogen) atoms. The van der Waals surface area contributed by atoms with E-state index in [1.807, 2.05) is 0 Å². The average molecular weight is 188 g/mol. The average Bonchev–Trinajstić information content (AvgIpc) is 2.50. The Kier molecular flexibility index (Phi) is 3.94. The lowest BCUT2D eigenvalue weighted by molar-refractivity contribution is 0.754. The van der Waals surface area contributed by atoms with Crippen molar-refractivity contribution in [2.45, 2.75) is 34.1 Å². The lowest BCUT2D eigenvalue weighted by atomic mass is 9.98.